The van der Waals surface area contributed by atoms with Crippen LogP contribution in [-0.2, 0) is 17.9 Å². The number of aromatic nitrogens is 3. The molecule has 1 aliphatic rings. The fourth-order valence-electron chi connectivity index (χ4n) is 3.81. The maximum atomic E-state index is 12.8. The monoisotopic (exact) mass is 451 g/mol. The van der Waals surface area contributed by atoms with E-state index in [4.69, 9.17) is 21.4 Å². The minimum Gasteiger partial charge on any atom is -0.495 e. The van der Waals surface area contributed by atoms with Gasteiger partial charge in [0.2, 0.25) is 5.91 Å². The van der Waals surface area contributed by atoms with Crippen LogP contribution in [0.5, 0.6) is 5.75 Å². The Hall–Kier alpha value is -3.16. The summed E-state index contributed by atoms with van der Waals surface area (Å²) in [6, 6.07) is 9.59. The number of fused-ring (bicyclic) bond motifs is 1. The quantitative estimate of drug-likeness (QED) is 0.534. The van der Waals surface area contributed by atoms with Gasteiger partial charge in [-0.15, -0.1) is 0 Å². The maximum absolute atomic E-state index is 12.8. The second-order valence-corrected chi connectivity index (χ2v) is 8.31. The molecule has 0 radical (unpaired) electrons. The topological polar surface area (TPSA) is 63.5 Å². The number of hydrogen-bond acceptors (Lipinski definition) is 5. The van der Waals surface area contributed by atoms with Crippen LogP contribution in [0.2, 0.25) is 5.02 Å². The standard InChI is InChI=1S/C24H26ClN5O2/c1-28(2)12-4-5-22(31)29-13-14-30-20(16-29)23(17-8-10-26-11-9-17)24(27-30)18-6-7-21(32-3)19(25)15-18/h4-11,15H,12-14,16H2,1-3H3/b5-4+. The Morgan fingerprint density at radius 1 is 1.19 bits per heavy atom. The van der Waals surface area contributed by atoms with Crippen molar-refractivity contribution < 1.29 is 9.53 Å². The number of ether oxygens (including phenoxy) is 1. The van der Waals surface area contributed by atoms with Crippen LogP contribution in [-0.4, -0.2) is 64.8 Å². The van der Waals surface area contributed by atoms with Crippen molar-refractivity contribution >= 4 is 17.5 Å². The van der Waals surface area contributed by atoms with Crippen LogP contribution in [0, 0.1) is 0 Å². The molecule has 166 valence electrons. The fraction of sp³-hybridized carbons (Fsp3) is 0.292. The highest BCUT2D eigenvalue weighted by Gasteiger charge is 2.27. The van der Waals surface area contributed by atoms with E-state index < -0.39 is 0 Å². The van der Waals surface area contributed by atoms with Gasteiger partial charge in [-0.1, -0.05) is 17.7 Å². The van der Waals surface area contributed by atoms with Gasteiger partial charge in [0, 0.05) is 42.7 Å². The first-order valence-corrected chi connectivity index (χ1v) is 10.8. The lowest BCUT2D eigenvalue weighted by Gasteiger charge is -2.27. The largest absolute Gasteiger partial charge is 0.495 e. The van der Waals surface area contributed by atoms with Crippen LogP contribution in [0.4, 0.5) is 0 Å². The summed E-state index contributed by atoms with van der Waals surface area (Å²) >= 11 is 6.41. The maximum Gasteiger partial charge on any atom is 0.246 e. The Morgan fingerprint density at radius 3 is 2.66 bits per heavy atom. The summed E-state index contributed by atoms with van der Waals surface area (Å²) in [5.74, 6) is 0.625. The zero-order chi connectivity index (χ0) is 22.7. The number of hydrogen-bond donors (Lipinski definition) is 0. The lowest BCUT2D eigenvalue weighted by molar-refractivity contribution is -0.127. The lowest BCUT2D eigenvalue weighted by Crippen LogP contribution is -2.37. The molecule has 3 heterocycles. The van der Waals surface area contributed by atoms with E-state index in [1.807, 2.05) is 65.0 Å². The number of halogens is 1. The Morgan fingerprint density at radius 2 is 1.97 bits per heavy atom. The minimum absolute atomic E-state index is 0.00835. The number of carbonyl (C=O) groups is 1. The Balaban J connectivity index is 1.74. The first kappa shape index (κ1) is 22.0. The third kappa shape index (κ3) is 4.54. The number of amides is 1. The van der Waals surface area contributed by atoms with Crippen molar-refractivity contribution in [3.05, 3.63) is 65.6 Å². The average molecular weight is 452 g/mol. The van der Waals surface area contributed by atoms with Crippen LogP contribution in [0.3, 0.4) is 0 Å². The molecule has 4 rings (SSSR count). The predicted octanol–water partition coefficient (Wildman–Crippen LogP) is 3.73. The highest BCUT2D eigenvalue weighted by atomic mass is 35.5. The van der Waals surface area contributed by atoms with Crippen LogP contribution in [0.15, 0.2) is 54.9 Å². The molecule has 0 saturated carbocycles. The summed E-state index contributed by atoms with van der Waals surface area (Å²) in [6.45, 7) is 2.45. The second kappa shape index (κ2) is 9.54. The molecule has 0 atom stereocenters. The van der Waals surface area contributed by atoms with E-state index in [0.717, 1.165) is 34.6 Å². The van der Waals surface area contributed by atoms with Gasteiger partial charge in [0.15, 0.2) is 0 Å². The summed E-state index contributed by atoms with van der Waals surface area (Å²) in [5, 5.41) is 5.43. The van der Waals surface area contributed by atoms with Gasteiger partial charge < -0.3 is 14.5 Å². The van der Waals surface area contributed by atoms with Crippen LogP contribution < -0.4 is 4.74 Å². The number of benzene rings is 1. The number of likely N-dealkylation sites (N-methyl/N-ethyl adjacent to an activating group) is 1. The SMILES string of the molecule is COc1ccc(-c2nn3c(c2-c2ccncc2)CN(C(=O)/C=C/CN(C)C)CC3)cc1Cl. The van der Waals surface area contributed by atoms with Crippen LogP contribution >= 0.6 is 11.6 Å². The second-order valence-electron chi connectivity index (χ2n) is 7.90. The molecule has 0 aliphatic carbocycles. The van der Waals surface area contributed by atoms with E-state index in [9.17, 15) is 4.79 Å². The Labute approximate surface area is 192 Å². The molecule has 0 saturated heterocycles. The molecule has 0 N–H and O–H groups in total. The van der Waals surface area contributed by atoms with E-state index in [-0.39, 0.29) is 5.91 Å². The van der Waals surface area contributed by atoms with Crippen molar-refractivity contribution in [3.8, 4) is 28.1 Å². The number of pyridine rings is 1. The van der Waals surface area contributed by atoms with E-state index in [2.05, 4.69) is 4.98 Å². The van der Waals surface area contributed by atoms with Gasteiger partial charge in [0.25, 0.3) is 0 Å². The lowest BCUT2D eigenvalue weighted by atomic mass is 9.99. The average Bonchev–Trinajstić information content (AvgIpc) is 3.18. The smallest absolute Gasteiger partial charge is 0.246 e. The van der Waals surface area contributed by atoms with Crippen molar-refractivity contribution in [2.24, 2.45) is 0 Å². The van der Waals surface area contributed by atoms with Gasteiger partial charge in [0.1, 0.15) is 11.4 Å². The van der Waals surface area contributed by atoms with Crippen molar-refractivity contribution in [2.45, 2.75) is 13.1 Å². The Kier molecular flexibility index (Phi) is 6.58. The molecule has 2 aromatic heterocycles. The van der Waals surface area contributed by atoms with E-state index in [0.29, 0.717) is 30.4 Å². The third-order valence-corrected chi connectivity index (χ3v) is 5.71. The molecule has 0 unspecified atom stereocenters. The molecule has 0 spiro atoms. The summed E-state index contributed by atoms with van der Waals surface area (Å²) in [5.41, 5.74) is 4.71. The predicted molar refractivity (Wildman–Crippen MR) is 126 cm³/mol. The van der Waals surface area contributed by atoms with Crippen LogP contribution in [0.25, 0.3) is 22.4 Å². The number of rotatable bonds is 6. The summed E-state index contributed by atoms with van der Waals surface area (Å²) in [7, 11) is 5.54. The van der Waals surface area contributed by atoms with Crippen molar-refractivity contribution in [1.82, 2.24) is 24.6 Å². The molecule has 1 aromatic carbocycles. The zero-order valence-electron chi connectivity index (χ0n) is 18.5. The Bertz CT molecular complexity index is 1140. The van der Waals surface area contributed by atoms with E-state index in [1.54, 1.807) is 25.6 Å². The number of carbonyl (C=O) groups excluding carboxylic acids is 1. The molecular formula is C24H26ClN5O2. The van der Waals surface area contributed by atoms with Gasteiger partial charge >= 0.3 is 0 Å². The molecule has 0 bridgehead atoms. The van der Waals surface area contributed by atoms with Crippen molar-refractivity contribution in [1.29, 1.82) is 0 Å². The molecule has 7 nitrogen and oxygen atoms in total. The summed E-state index contributed by atoms with van der Waals surface area (Å²) < 4.78 is 7.30. The first-order valence-electron chi connectivity index (χ1n) is 10.4. The molecule has 32 heavy (non-hydrogen) atoms. The zero-order valence-corrected chi connectivity index (χ0v) is 19.2. The van der Waals surface area contributed by atoms with Gasteiger partial charge in [-0.2, -0.15) is 5.10 Å². The molecular weight excluding hydrogens is 426 g/mol. The first-order chi connectivity index (χ1) is 15.5. The summed E-state index contributed by atoms with van der Waals surface area (Å²) in [4.78, 5) is 20.8. The number of methoxy groups -OCH3 is 1. The van der Waals surface area contributed by atoms with Gasteiger partial charge in [-0.25, -0.2) is 0 Å². The van der Waals surface area contributed by atoms with Gasteiger partial charge in [-0.05, 0) is 50.0 Å². The number of nitrogens with zero attached hydrogens (tertiary/aromatic N) is 5. The summed E-state index contributed by atoms with van der Waals surface area (Å²) in [6.07, 6.45) is 7.07. The molecule has 3 aromatic rings. The molecule has 0 fully saturated rings. The van der Waals surface area contributed by atoms with Gasteiger partial charge in [0.05, 0.1) is 30.9 Å². The van der Waals surface area contributed by atoms with Crippen molar-refractivity contribution in [3.63, 3.8) is 0 Å². The van der Waals surface area contributed by atoms with E-state index >= 15 is 0 Å². The van der Waals surface area contributed by atoms with Crippen molar-refractivity contribution in [2.75, 3.05) is 34.3 Å². The van der Waals surface area contributed by atoms with Crippen LogP contribution in [0.1, 0.15) is 5.69 Å². The molecule has 8 heteroatoms. The third-order valence-electron chi connectivity index (χ3n) is 5.42. The highest BCUT2D eigenvalue weighted by molar-refractivity contribution is 6.32. The molecule has 1 amide bonds. The normalized spacial score (nSPS) is 13.6. The molecule has 1 aliphatic heterocycles. The fourth-order valence-corrected chi connectivity index (χ4v) is 4.07. The van der Waals surface area contributed by atoms with Gasteiger partial charge in [-0.3, -0.25) is 14.5 Å². The highest BCUT2D eigenvalue weighted by Crippen LogP contribution is 2.38. The van der Waals surface area contributed by atoms with E-state index in [1.165, 1.54) is 0 Å². The minimum atomic E-state index is 0.00835.